The molecule has 2 aromatic carbocycles. The van der Waals surface area contributed by atoms with Crippen LogP contribution in [0, 0.1) is 18.3 Å². The second-order valence-electron chi connectivity index (χ2n) is 8.18. The van der Waals surface area contributed by atoms with Gasteiger partial charge >= 0.3 is 0 Å². The Bertz CT molecular complexity index is 1310. The van der Waals surface area contributed by atoms with Gasteiger partial charge in [0.05, 0.1) is 35.7 Å². The summed E-state index contributed by atoms with van der Waals surface area (Å²) < 4.78 is 14.9. The fourth-order valence-corrected chi connectivity index (χ4v) is 3.71. The zero-order chi connectivity index (χ0) is 27.2. The molecular formula is C29H35FN6S. The zero-order valence-electron chi connectivity index (χ0n) is 22.2. The molecule has 0 aliphatic rings. The average molecular weight is 519 g/mol. The van der Waals surface area contributed by atoms with Crippen molar-refractivity contribution in [1.29, 1.82) is 5.26 Å². The Morgan fingerprint density at radius 2 is 1.86 bits per heavy atom. The minimum Gasteiger partial charge on any atom is -0.370 e. The van der Waals surface area contributed by atoms with E-state index in [2.05, 4.69) is 41.0 Å². The van der Waals surface area contributed by atoms with Gasteiger partial charge in [0.15, 0.2) is 5.65 Å². The summed E-state index contributed by atoms with van der Waals surface area (Å²) in [4.78, 5) is 7.22. The number of halogens is 1. The minimum atomic E-state index is 0.174. The molecule has 0 aliphatic carbocycles. The molecular weight excluding hydrogens is 483 g/mol. The molecule has 2 heterocycles. The highest BCUT2D eigenvalue weighted by molar-refractivity contribution is 7.94. The summed E-state index contributed by atoms with van der Waals surface area (Å²) >= 11 is 0.174. The molecule has 8 heteroatoms. The number of benzene rings is 2. The summed E-state index contributed by atoms with van der Waals surface area (Å²) in [5.74, 6) is 0.822. The van der Waals surface area contributed by atoms with Gasteiger partial charge in [-0.15, -0.1) is 0 Å². The molecule has 0 saturated heterocycles. The van der Waals surface area contributed by atoms with Crippen molar-refractivity contribution in [2.45, 2.75) is 32.1 Å². The van der Waals surface area contributed by atoms with Gasteiger partial charge in [-0.05, 0) is 57.2 Å². The van der Waals surface area contributed by atoms with Crippen LogP contribution in [0.5, 0.6) is 0 Å². The van der Waals surface area contributed by atoms with E-state index >= 15 is 0 Å². The summed E-state index contributed by atoms with van der Waals surface area (Å²) in [6, 6.07) is 19.4. The van der Waals surface area contributed by atoms with Gasteiger partial charge < -0.3 is 10.2 Å². The van der Waals surface area contributed by atoms with E-state index in [1.165, 1.54) is 6.20 Å². The van der Waals surface area contributed by atoms with Crippen LogP contribution < -0.4 is 5.32 Å². The molecule has 0 amide bonds. The number of anilines is 1. The molecule has 194 valence electrons. The summed E-state index contributed by atoms with van der Waals surface area (Å²) in [6.45, 7) is 11.5. The Balaban J connectivity index is 0.000000336. The smallest absolute Gasteiger partial charge is 0.174 e. The van der Waals surface area contributed by atoms with E-state index in [0.29, 0.717) is 16.1 Å². The maximum Gasteiger partial charge on any atom is 0.174 e. The van der Waals surface area contributed by atoms with Crippen LogP contribution in [0.2, 0.25) is 0 Å². The van der Waals surface area contributed by atoms with Crippen LogP contribution >= 0.6 is 12.1 Å². The Kier molecular flexibility index (Phi) is 12.3. The SMILES string of the molecule is C=Cc1ccc(C#N)cc1.CC.Cc1ccccc1-c1cc(NCCCN(C)C)n2ncc(SF)c2n1. The number of aryl methyl sites for hydroxylation is 1. The first-order valence-corrected chi connectivity index (χ1v) is 12.9. The maximum absolute atomic E-state index is 13.2. The Morgan fingerprint density at radius 3 is 2.46 bits per heavy atom. The lowest BCUT2D eigenvalue weighted by molar-refractivity contribution is 0.405. The third kappa shape index (κ3) is 8.45. The highest BCUT2D eigenvalue weighted by Gasteiger charge is 2.14. The molecule has 0 radical (unpaired) electrons. The highest BCUT2D eigenvalue weighted by atomic mass is 32.2. The molecule has 0 atom stereocenters. The molecule has 37 heavy (non-hydrogen) atoms. The monoisotopic (exact) mass is 518 g/mol. The molecule has 0 spiro atoms. The first kappa shape index (κ1) is 29.6. The summed E-state index contributed by atoms with van der Waals surface area (Å²) in [5, 5.41) is 16.1. The van der Waals surface area contributed by atoms with Gasteiger partial charge in [0.1, 0.15) is 10.7 Å². The zero-order valence-corrected chi connectivity index (χ0v) is 23.0. The molecule has 0 saturated carbocycles. The van der Waals surface area contributed by atoms with Crippen LogP contribution in [0.4, 0.5) is 9.70 Å². The molecule has 0 fully saturated rings. The third-order valence-corrected chi connectivity index (χ3v) is 5.76. The van der Waals surface area contributed by atoms with Crippen molar-refractivity contribution in [2.75, 3.05) is 32.5 Å². The number of nitrogens with zero attached hydrogens (tertiary/aromatic N) is 5. The van der Waals surface area contributed by atoms with E-state index in [0.717, 1.165) is 47.7 Å². The van der Waals surface area contributed by atoms with Gasteiger partial charge in [0.2, 0.25) is 0 Å². The molecule has 4 aromatic rings. The average Bonchev–Trinajstić information content (AvgIpc) is 3.36. The van der Waals surface area contributed by atoms with Crippen LogP contribution in [0.3, 0.4) is 0 Å². The number of nitrogens with one attached hydrogen (secondary N) is 1. The molecule has 1 N–H and O–H groups in total. The van der Waals surface area contributed by atoms with Gasteiger partial charge in [-0.2, -0.15) is 18.8 Å². The van der Waals surface area contributed by atoms with E-state index in [-0.39, 0.29) is 12.1 Å². The van der Waals surface area contributed by atoms with Crippen molar-refractivity contribution >= 4 is 29.7 Å². The number of aromatic nitrogens is 3. The Hall–Kier alpha value is -3.67. The van der Waals surface area contributed by atoms with Gasteiger partial charge in [-0.3, -0.25) is 0 Å². The van der Waals surface area contributed by atoms with E-state index < -0.39 is 0 Å². The molecule has 6 nitrogen and oxygen atoms in total. The summed E-state index contributed by atoms with van der Waals surface area (Å²) in [5.41, 5.74) is 5.24. The standard InChI is InChI=1S/C18H22FN5S.C9H7N.C2H6/c1-13-7-4-5-8-14(13)15-11-17(20-9-6-10-23(2)3)24-18(22-15)16(25-19)12-21-24;1-2-8-3-5-9(7-10)6-4-8;1-2/h4-5,7-8,11-12,20H,6,9-10H2,1-3H3;2-6H,1H2;1-2H3. The first-order chi connectivity index (χ1) is 18.0. The number of rotatable bonds is 8. The van der Waals surface area contributed by atoms with Gasteiger partial charge in [0.25, 0.3) is 0 Å². The number of hydrogen-bond donors (Lipinski definition) is 1. The van der Waals surface area contributed by atoms with Crippen LogP contribution in [0.15, 0.2) is 72.3 Å². The Labute approximate surface area is 224 Å². The molecule has 0 aliphatic heterocycles. The fourth-order valence-electron chi connectivity index (χ4n) is 3.43. The van der Waals surface area contributed by atoms with Crippen molar-refractivity contribution in [3.05, 3.63) is 84.1 Å². The Morgan fingerprint density at radius 1 is 1.16 bits per heavy atom. The van der Waals surface area contributed by atoms with Gasteiger partial charge in [0, 0.05) is 18.2 Å². The largest absolute Gasteiger partial charge is 0.370 e. The molecule has 0 unspecified atom stereocenters. The highest BCUT2D eigenvalue weighted by Crippen LogP contribution is 2.29. The predicted molar refractivity (Wildman–Crippen MR) is 154 cm³/mol. The molecule has 0 bridgehead atoms. The lowest BCUT2D eigenvalue weighted by Crippen LogP contribution is -2.17. The van der Waals surface area contributed by atoms with E-state index in [1.807, 2.05) is 69.3 Å². The first-order valence-electron chi connectivity index (χ1n) is 12.2. The third-order valence-electron chi connectivity index (χ3n) is 5.31. The summed E-state index contributed by atoms with van der Waals surface area (Å²) in [6.07, 6.45) is 4.27. The lowest BCUT2D eigenvalue weighted by Gasteiger charge is -2.13. The minimum absolute atomic E-state index is 0.174. The van der Waals surface area contributed by atoms with Crippen molar-refractivity contribution in [1.82, 2.24) is 19.5 Å². The molecule has 4 rings (SSSR count). The topological polar surface area (TPSA) is 69.2 Å². The second kappa shape index (κ2) is 15.4. The maximum atomic E-state index is 13.2. The number of hydrogen-bond acceptors (Lipinski definition) is 6. The van der Waals surface area contributed by atoms with Crippen LogP contribution in [0.25, 0.3) is 23.0 Å². The van der Waals surface area contributed by atoms with Crippen molar-refractivity contribution in [3.8, 4) is 17.3 Å². The lowest BCUT2D eigenvalue weighted by atomic mass is 10.1. The van der Waals surface area contributed by atoms with Crippen molar-refractivity contribution in [3.63, 3.8) is 0 Å². The molecule has 2 aromatic heterocycles. The quantitative estimate of drug-likeness (QED) is 0.247. The second-order valence-corrected chi connectivity index (χ2v) is 8.78. The van der Waals surface area contributed by atoms with Gasteiger partial charge in [-0.1, -0.05) is 62.9 Å². The number of fused-ring (bicyclic) bond motifs is 1. The van der Waals surface area contributed by atoms with Crippen molar-refractivity contribution < 1.29 is 3.89 Å². The van der Waals surface area contributed by atoms with Crippen molar-refractivity contribution in [2.24, 2.45) is 0 Å². The van der Waals surface area contributed by atoms with E-state index in [1.54, 1.807) is 22.7 Å². The van der Waals surface area contributed by atoms with E-state index in [9.17, 15) is 3.89 Å². The summed E-state index contributed by atoms with van der Waals surface area (Å²) in [7, 11) is 4.11. The predicted octanol–water partition coefficient (Wildman–Crippen LogP) is 7.27. The van der Waals surface area contributed by atoms with Crippen LogP contribution in [-0.2, 0) is 0 Å². The van der Waals surface area contributed by atoms with Crippen LogP contribution in [0.1, 0.15) is 37.0 Å². The normalized spacial score (nSPS) is 10.1. The van der Waals surface area contributed by atoms with Crippen LogP contribution in [-0.4, -0.2) is 46.7 Å². The van der Waals surface area contributed by atoms with E-state index in [4.69, 9.17) is 5.26 Å². The van der Waals surface area contributed by atoms with Gasteiger partial charge in [-0.25, -0.2) is 4.98 Å². The fraction of sp³-hybridized carbons (Fsp3) is 0.276. The number of nitriles is 1.